The minimum absolute atomic E-state index is 0.0928. The molecule has 0 atom stereocenters. The third-order valence-electron chi connectivity index (χ3n) is 5.08. The third-order valence-corrected chi connectivity index (χ3v) is 5.08. The van der Waals surface area contributed by atoms with Crippen molar-refractivity contribution in [2.24, 2.45) is 5.92 Å². The first-order valence-electron chi connectivity index (χ1n) is 9.17. The molecule has 4 heteroatoms. The Morgan fingerprint density at radius 2 is 1.84 bits per heavy atom. The Balaban J connectivity index is 1.62. The van der Waals surface area contributed by atoms with Crippen LogP contribution in [-0.2, 0) is 11.3 Å². The Morgan fingerprint density at radius 3 is 2.48 bits per heavy atom. The van der Waals surface area contributed by atoms with Crippen LogP contribution in [0.2, 0.25) is 0 Å². The number of ether oxygens (including phenoxy) is 1. The van der Waals surface area contributed by atoms with Crippen molar-refractivity contribution < 1.29 is 9.53 Å². The van der Waals surface area contributed by atoms with Crippen molar-refractivity contribution in [2.45, 2.75) is 39.3 Å². The topological polar surface area (TPSA) is 41.6 Å². The molecule has 1 saturated heterocycles. The van der Waals surface area contributed by atoms with Gasteiger partial charge in [-0.3, -0.25) is 4.79 Å². The van der Waals surface area contributed by atoms with Gasteiger partial charge in [-0.25, -0.2) is 0 Å². The van der Waals surface area contributed by atoms with Crippen LogP contribution in [0.3, 0.4) is 0 Å². The van der Waals surface area contributed by atoms with E-state index in [1.54, 1.807) is 7.11 Å². The van der Waals surface area contributed by atoms with E-state index < -0.39 is 0 Å². The molecule has 0 unspecified atom stereocenters. The molecule has 134 valence electrons. The lowest BCUT2D eigenvalue weighted by Gasteiger charge is -2.33. The molecule has 1 N–H and O–H groups in total. The molecule has 2 aromatic rings. The van der Waals surface area contributed by atoms with Crippen molar-refractivity contribution >= 4 is 16.7 Å². The Bertz CT molecular complexity index is 734. The molecule has 0 spiro atoms. The quantitative estimate of drug-likeness (QED) is 0.904. The lowest BCUT2D eigenvalue weighted by molar-refractivity contribution is -0.135. The molecule has 0 aliphatic carbocycles. The summed E-state index contributed by atoms with van der Waals surface area (Å²) in [6, 6.07) is 13.0. The number of fused-ring (bicyclic) bond motifs is 1. The van der Waals surface area contributed by atoms with Crippen molar-refractivity contribution in [3.05, 3.63) is 42.0 Å². The summed E-state index contributed by atoms with van der Waals surface area (Å²) in [7, 11) is 1.71. The summed E-state index contributed by atoms with van der Waals surface area (Å²) in [4.78, 5) is 14.1. The number of likely N-dealkylation sites (tertiary alicyclic amines) is 1. The molecule has 4 nitrogen and oxygen atoms in total. The maximum atomic E-state index is 12.1. The molecule has 2 aromatic carbocycles. The van der Waals surface area contributed by atoms with Crippen LogP contribution in [-0.4, -0.2) is 37.0 Å². The molecule has 0 saturated carbocycles. The summed E-state index contributed by atoms with van der Waals surface area (Å²) >= 11 is 0. The zero-order chi connectivity index (χ0) is 17.8. The molecular formula is C21H28N2O2. The number of benzene rings is 2. The summed E-state index contributed by atoms with van der Waals surface area (Å²) in [5.74, 6) is 1.29. The van der Waals surface area contributed by atoms with Crippen LogP contribution >= 0.6 is 0 Å². The van der Waals surface area contributed by atoms with Gasteiger partial charge in [0.25, 0.3) is 0 Å². The Hall–Kier alpha value is -2.07. The Labute approximate surface area is 150 Å². The first-order valence-corrected chi connectivity index (χ1v) is 9.17. The number of carbonyl (C=O) groups excluding carboxylic acids is 1. The van der Waals surface area contributed by atoms with E-state index in [0.29, 0.717) is 6.04 Å². The molecule has 0 bridgehead atoms. The molecule has 1 amide bonds. The van der Waals surface area contributed by atoms with E-state index in [-0.39, 0.29) is 11.8 Å². The summed E-state index contributed by atoms with van der Waals surface area (Å²) in [6.07, 6.45) is 2.04. The van der Waals surface area contributed by atoms with Crippen molar-refractivity contribution in [1.82, 2.24) is 10.2 Å². The monoisotopic (exact) mass is 340 g/mol. The molecule has 25 heavy (non-hydrogen) atoms. The van der Waals surface area contributed by atoms with Crippen LogP contribution in [0.4, 0.5) is 0 Å². The van der Waals surface area contributed by atoms with Gasteiger partial charge in [-0.1, -0.05) is 44.2 Å². The second-order valence-corrected chi connectivity index (χ2v) is 7.11. The highest BCUT2D eigenvalue weighted by Gasteiger charge is 2.24. The van der Waals surface area contributed by atoms with E-state index in [0.717, 1.165) is 43.6 Å². The van der Waals surface area contributed by atoms with Gasteiger partial charge in [-0.2, -0.15) is 0 Å². The number of nitrogens with zero attached hydrogens (tertiary/aromatic N) is 1. The summed E-state index contributed by atoms with van der Waals surface area (Å²) in [5.41, 5.74) is 1.29. The molecule has 3 rings (SSSR count). The molecule has 1 heterocycles. The fourth-order valence-electron chi connectivity index (χ4n) is 3.59. The molecule has 1 aliphatic heterocycles. The van der Waals surface area contributed by atoms with Crippen LogP contribution in [0.1, 0.15) is 32.3 Å². The van der Waals surface area contributed by atoms with Crippen LogP contribution in [0.25, 0.3) is 10.8 Å². The van der Waals surface area contributed by atoms with Crippen molar-refractivity contribution in [3.63, 3.8) is 0 Å². The maximum Gasteiger partial charge on any atom is 0.225 e. The minimum atomic E-state index is 0.0928. The molecule has 1 fully saturated rings. The van der Waals surface area contributed by atoms with Gasteiger partial charge in [0, 0.05) is 37.0 Å². The normalized spacial score (nSPS) is 15.8. The van der Waals surface area contributed by atoms with E-state index >= 15 is 0 Å². The van der Waals surface area contributed by atoms with Crippen molar-refractivity contribution in [3.8, 4) is 5.75 Å². The largest absolute Gasteiger partial charge is 0.496 e. The Morgan fingerprint density at radius 1 is 1.16 bits per heavy atom. The zero-order valence-corrected chi connectivity index (χ0v) is 15.4. The third kappa shape index (κ3) is 3.96. The van der Waals surface area contributed by atoms with E-state index in [4.69, 9.17) is 4.74 Å². The highest BCUT2D eigenvalue weighted by atomic mass is 16.5. The molecule has 0 radical (unpaired) electrons. The van der Waals surface area contributed by atoms with Gasteiger partial charge in [-0.15, -0.1) is 0 Å². The van der Waals surface area contributed by atoms with E-state index in [1.165, 1.54) is 10.9 Å². The average molecular weight is 340 g/mol. The molecular weight excluding hydrogens is 312 g/mol. The summed E-state index contributed by atoms with van der Waals surface area (Å²) in [5, 5.41) is 6.07. The summed E-state index contributed by atoms with van der Waals surface area (Å²) < 4.78 is 5.47. The van der Waals surface area contributed by atoms with E-state index in [2.05, 4.69) is 29.6 Å². The van der Waals surface area contributed by atoms with Gasteiger partial charge in [0.1, 0.15) is 5.75 Å². The van der Waals surface area contributed by atoms with Crippen molar-refractivity contribution in [1.29, 1.82) is 0 Å². The average Bonchev–Trinajstić information content (AvgIpc) is 2.65. The van der Waals surface area contributed by atoms with Crippen LogP contribution in [0.15, 0.2) is 36.4 Å². The SMILES string of the molecule is COc1ccc(CNC2CCN(C(=O)C(C)C)CC2)c2ccccc12. The lowest BCUT2D eigenvalue weighted by Crippen LogP contribution is -2.45. The standard InChI is InChI=1S/C21H28N2O2/c1-15(2)21(24)23-12-10-17(11-13-23)22-14-16-8-9-20(25-3)19-7-5-4-6-18(16)19/h4-9,15,17,22H,10-14H2,1-3H3. The van der Waals surface area contributed by atoms with Gasteiger partial charge < -0.3 is 15.0 Å². The number of methoxy groups -OCH3 is 1. The maximum absolute atomic E-state index is 12.1. The smallest absolute Gasteiger partial charge is 0.225 e. The van der Waals surface area contributed by atoms with Gasteiger partial charge >= 0.3 is 0 Å². The van der Waals surface area contributed by atoms with E-state index in [1.807, 2.05) is 30.9 Å². The molecule has 0 aromatic heterocycles. The van der Waals surface area contributed by atoms with Crippen molar-refractivity contribution in [2.75, 3.05) is 20.2 Å². The number of amides is 1. The summed E-state index contributed by atoms with van der Waals surface area (Å²) in [6.45, 7) is 6.51. The van der Waals surface area contributed by atoms with E-state index in [9.17, 15) is 4.79 Å². The lowest BCUT2D eigenvalue weighted by atomic mass is 10.0. The predicted octanol–water partition coefficient (Wildman–Crippen LogP) is 3.59. The first kappa shape index (κ1) is 17.7. The van der Waals surface area contributed by atoms with Crippen LogP contribution < -0.4 is 10.1 Å². The number of piperidine rings is 1. The highest BCUT2D eigenvalue weighted by Crippen LogP contribution is 2.28. The predicted molar refractivity (Wildman–Crippen MR) is 102 cm³/mol. The number of hydrogen-bond donors (Lipinski definition) is 1. The number of nitrogens with one attached hydrogen (secondary N) is 1. The van der Waals surface area contributed by atoms with Gasteiger partial charge in [0.05, 0.1) is 7.11 Å². The fourth-order valence-corrected chi connectivity index (χ4v) is 3.59. The zero-order valence-electron chi connectivity index (χ0n) is 15.4. The number of hydrogen-bond acceptors (Lipinski definition) is 3. The first-order chi connectivity index (χ1) is 12.1. The highest BCUT2D eigenvalue weighted by molar-refractivity contribution is 5.91. The van der Waals surface area contributed by atoms with Gasteiger partial charge in [0.2, 0.25) is 5.91 Å². The minimum Gasteiger partial charge on any atom is -0.496 e. The molecule has 1 aliphatic rings. The van der Waals surface area contributed by atoms with Crippen LogP contribution in [0, 0.1) is 5.92 Å². The number of carbonyl (C=O) groups is 1. The number of rotatable bonds is 5. The Kier molecular flexibility index (Phi) is 5.59. The fraction of sp³-hybridized carbons (Fsp3) is 0.476. The second kappa shape index (κ2) is 7.87. The van der Waals surface area contributed by atoms with Crippen LogP contribution in [0.5, 0.6) is 5.75 Å². The van der Waals surface area contributed by atoms with Gasteiger partial charge in [-0.05, 0) is 29.9 Å². The van der Waals surface area contributed by atoms with Gasteiger partial charge in [0.15, 0.2) is 0 Å². The second-order valence-electron chi connectivity index (χ2n) is 7.11.